The SMILES string of the molecule is C#CCCOc1ccc(F)cc1CO. The summed E-state index contributed by atoms with van der Waals surface area (Å²) in [7, 11) is 0. The van der Waals surface area contributed by atoms with Crippen molar-refractivity contribution in [3.05, 3.63) is 29.6 Å². The fourth-order valence-corrected chi connectivity index (χ4v) is 1.03. The quantitative estimate of drug-likeness (QED) is 0.584. The normalized spacial score (nSPS) is 9.50. The van der Waals surface area contributed by atoms with Crippen LogP contribution in [0.1, 0.15) is 12.0 Å². The van der Waals surface area contributed by atoms with Crippen LogP contribution in [-0.4, -0.2) is 11.7 Å². The van der Waals surface area contributed by atoms with Crippen molar-refractivity contribution in [1.82, 2.24) is 0 Å². The number of terminal acetylenes is 1. The van der Waals surface area contributed by atoms with Gasteiger partial charge in [-0.1, -0.05) is 0 Å². The molecule has 0 bridgehead atoms. The second-order valence-electron chi connectivity index (χ2n) is 2.71. The minimum atomic E-state index is -0.390. The van der Waals surface area contributed by atoms with Crippen molar-refractivity contribution in [3.8, 4) is 18.1 Å². The van der Waals surface area contributed by atoms with Crippen molar-refractivity contribution < 1.29 is 14.2 Å². The van der Waals surface area contributed by atoms with E-state index in [1.54, 1.807) is 0 Å². The van der Waals surface area contributed by atoms with Crippen LogP contribution in [0.4, 0.5) is 4.39 Å². The second-order valence-corrected chi connectivity index (χ2v) is 2.71. The van der Waals surface area contributed by atoms with Crippen LogP contribution in [0.15, 0.2) is 18.2 Å². The van der Waals surface area contributed by atoms with Crippen molar-refractivity contribution in [2.75, 3.05) is 6.61 Å². The predicted octanol–water partition coefficient (Wildman–Crippen LogP) is 1.72. The number of hydrogen-bond donors (Lipinski definition) is 1. The van der Waals surface area contributed by atoms with Gasteiger partial charge in [-0.05, 0) is 18.2 Å². The number of rotatable bonds is 4. The largest absolute Gasteiger partial charge is 0.492 e. The van der Waals surface area contributed by atoms with Gasteiger partial charge in [-0.2, -0.15) is 0 Å². The molecule has 1 N–H and O–H groups in total. The van der Waals surface area contributed by atoms with Crippen LogP contribution in [-0.2, 0) is 6.61 Å². The Morgan fingerprint density at radius 2 is 2.29 bits per heavy atom. The van der Waals surface area contributed by atoms with Gasteiger partial charge in [-0.15, -0.1) is 12.3 Å². The third kappa shape index (κ3) is 2.75. The summed E-state index contributed by atoms with van der Waals surface area (Å²) >= 11 is 0. The van der Waals surface area contributed by atoms with Gasteiger partial charge in [0, 0.05) is 12.0 Å². The van der Waals surface area contributed by atoms with Crippen LogP contribution in [0.3, 0.4) is 0 Å². The zero-order chi connectivity index (χ0) is 10.4. The molecule has 74 valence electrons. The Balaban J connectivity index is 2.71. The summed E-state index contributed by atoms with van der Waals surface area (Å²) in [6.07, 6.45) is 5.54. The molecule has 0 aromatic heterocycles. The molecule has 0 amide bonds. The molecule has 3 heteroatoms. The van der Waals surface area contributed by atoms with Crippen LogP contribution in [0.25, 0.3) is 0 Å². The summed E-state index contributed by atoms with van der Waals surface area (Å²) in [5.74, 6) is 2.51. The molecule has 0 saturated carbocycles. The van der Waals surface area contributed by atoms with E-state index in [2.05, 4.69) is 5.92 Å². The molecule has 0 aliphatic rings. The third-order valence-electron chi connectivity index (χ3n) is 1.70. The molecule has 0 unspecified atom stereocenters. The molecule has 0 aliphatic carbocycles. The van der Waals surface area contributed by atoms with Crippen molar-refractivity contribution in [1.29, 1.82) is 0 Å². The lowest BCUT2D eigenvalue weighted by Gasteiger charge is -2.08. The maximum Gasteiger partial charge on any atom is 0.125 e. The van der Waals surface area contributed by atoms with E-state index >= 15 is 0 Å². The van der Waals surface area contributed by atoms with E-state index < -0.39 is 5.82 Å². The van der Waals surface area contributed by atoms with Crippen LogP contribution < -0.4 is 4.74 Å². The van der Waals surface area contributed by atoms with E-state index in [1.165, 1.54) is 18.2 Å². The highest BCUT2D eigenvalue weighted by atomic mass is 19.1. The first-order chi connectivity index (χ1) is 6.77. The molecular formula is C11H11FO2. The van der Waals surface area contributed by atoms with Gasteiger partial charge in [0.15, 0.2) is 0 Å². The number of hydrogen-bond acceptors (Lipinski definition) is 2. The number of halogens is 1. The summed E-state index contributed by atoms with van der Waals surface area (Å²) in [6, 6.07) is 4.01. The molecule has 1 aromatic rings. The van der Waals surface area contributed by atoms with E-state index in [0.717, 1.165) is 0 Å². The van der Waals surface area contributed by atoms with Crippen molar-refractivity contribution in [3.63, 3.8) is 0 Å². The standard InChI is InChI=1S/C11H11FO2/c1-2-3-6-14-11-5-4-10(12)7-9(11)8-13/h1,4-5,7,13H,3,6,8H2. The number of aliphatic hydroxyl groups is 1. The van der Waals surface area contributed by atoms with Gasteiger partial charge in [0.25, 0.3) is 0 Å². The first-order valence-electron chi connectivity index (χ1n) is 4.23. The Bertz CT molecular complexity index is 342. The summed E-state index contributed by atoms with van der Waals surface area (Å²) in [5, 5.41) is 8.91. The van der Waals surface area contributed by atoms with E-state index in [1.807, 2.05) is 0 Å². The molecular weight excluding hydrogens is 183 g/mol. The molecule has 0 heterocycles. The minimum Gasteiger partial charge on any atom is -0.492 e. The highest BCUT2D eigenvalue weighted by Crippen LogP contribution is 2.19. The van der Waals surface area contributed by atoms with Gasteiger partial charge in [0.05, 0.1) is 13.2 Å². The highest BCUT2D eigenvalue weighted by molar-refractivity contribution is 5.33. The molecule has 14 heavy (non-hydrogen) atoms. The molecule has 2 nitrogen and oxygen atoms in total. The lowest BCUT2D eigenvalue weighted by Crippen LogP contribution is -1.99. The summed E-state index contributed by atoms with van der Waals surface area (Å²) in [6.45, 7) is 0.123. The minimum absolute atomic E-state index is 0.247. The average molecular weight is 194 g/mol. The Morgan fingerprint density at radius 1 is 1.50 bits per heavy atom. The van der Waals surface area contributed by atoms with Crippen LogP contribution >= 0.6 is 0 Å². The van der Waals surface area contributed by atoms with Gasteiger partial charge < -0.3 is 9.84 Å². The highest BCUT2D eigenvalue weighted by Gasteiger charge is 2.03. The van der Waals surface area contributed by atoms with E-state index in [0.29, 0.717) is 24.3 Å². The maximum atomic E-state index is 12.7. The van der Waals surface area contributed by atoms with Crippen LogP contribution in [0.5, 0.6) is 5.75 Å². The summed E-state index contributed by atoms with van der Waals surface area (Å²) in [5.41, 5.74) is 0.432. The number of aliphatic hydroxyl groups excluding tert-OH is 1. The summed E-state index contributed by atoms with van der Waals surface area (Å²) < 4.78 is 18.0. The fourth-order valence-electron chi connectivity index (χ4n) is 1.03. The van der Waals surface area contributed by atoms with E-state index in [-0.39, 0.29) is 6.61 Å². The molecule has 0 spiro atoms. The lowest BCUT2D eigenvalue weighted by atomic mass is 10.2. The molecule has 0 atom stereocenters. The molecule has 1 rings (SSSR count). The maximum absolute atomic E-state index is 12.7. The summed E-state index contributed by atoms with van der Waals surface area (Å²) in [4.78, 5) is 0. The van der Waals surface area contributed by atoms with Gasteiger partial charge in [0.1, 0.15) is 11.6 Å². The number of ether oxygens (including phenoxy) is 1. The van der Waals surface area contributed by atoms with Gasteiger partial charge in [-0.3, -0.25) is 0 Å². The predicted molar refractivity (Wildman–Crippen MR) is 51.3 cm³/mol. The molecule has 0 aliphatic heterocycles. The van der Waals surface area contributed by atoms with Crippen molar-refractivity contribution in [2.24, 2.45) is 0 Å². The molecule has 0 radical (unpaired) electrons. The van der Waals surface area contributed by atoms with Crippen LogP contribution in [0, 0.1) is 18.2 Å². The Morgan fingerprint density at radius 3 is 2.93 bits per heavy atom. The van der Waals surface area contributed by atoms with Gasteiger partial charge in [0.2, 0.25) is 0 Å². The van der Waals surface area contributed by atoms with Gasteiger partial charge in [-0.25, -0.2) is 4.39 Å². The van der Waals surface area contributed by atoms with Crippen molar-refractivity contribution in [2.45, 2.75) is 13.0 Å². The zero-order valence-electron chi connectivity index (χ0n) is 7.66. The molecule has 0 saturated heterocycles. The molecule has 0 fully saturated rings. The monoisotopic (exact) mass is 194 g/mol. The fraction of sp³-hybridized carbons (Fsp3) is 0.273. The second kappa shape index (κ2) is 5.25. The third-order valence-corrected chi connectivity index (χ3v) is 1.70. The first-order valence-corrected chi connectivity index (χ1v) is 4.23. The van der Waals surface area contributed by atoms with Gasteiger partial charge >= 0.3 is 0 Å². The zero-order valence-corrected chi connectivity index (χ0v) is 7.66. The van der Waals surface area contributed by atoms with E-state index in [4.69, 9.17) is 16.3 Å². The van der Waals surface area contributed by atoms with Crippen LogP contribution in [0.2, 0.25) is 0 Å². The lowest BCUT2D eigenvalue weighted by molar-refractivity contribution is 0.264. The number of benzene rings is 1. The molecule has 1 aromatic carbocycles. The van der Waals surface area contributed by atoms with E-state index in [9.17, 15) is 4.39 Å². The van der Waals surface area contributed by atoms with Crippen molar-refractivity contribution >= 4 is 0 Å². The first kappa shape index (κ1) is 10.6. The Labute approximate surface area is 82.3 Å². The average Bonchev–Trinajstić information content (AvgIpc) is 2.20. The Kier molecular flexibility index (Phi) is 3.96. The smallest absolute Gasteiger partial charge is 0.125 e. The topological polar surface area (TPSA) is 29.5 Å². The Hall–Kier alpha value is -1.53.